The number of aryl methyl sites for hydroxylation is 2. The van der Waals surface area contributed by atoms with Crippen LogP contribution in [0.4, 0.5) is 0 Å². The largest absolute Gasteiger partial charge is 0.102 e. The molecule has 0 radical (unpaired) electrons. The van der Waals surface area contributed by atoms with Gasteiger partial charge in [0.25, 0.3) is 0 Å². The fourth-order valence-electron chi connectivity index (χ4n) is 4.28. The van der Waals surface area contributed by atoms with Crippen molar-refractivity contribution in [3.8, 4) is 0 Å². The van der Waals surface area contributed by atoms with Crippen molar-refractivity contribution in [1.29, 1.82) is 0 Å². The minimum Gasteiger partial charge on any atom is -0.0620 e. The zero-order valence-electron chi connectivity index (χ0n) is 20.7. The molecule has 0 aliphatic carbocycles. The van der Waals surface area contributed by atoms with Gasteiger partial charge in [0.15, 0.2) is 0 Å². The maximum absolute atomic E-state index is 4.58. The molecule has 0 aliphatic heterocycles. The number of hydrogen-bond donors (Lipinski definition) is 0. The molecular weight excluding hydrogens is 587 g/mol. The molecule has 5 heteroatoms. The van der Waals surface area contributed by atoms with Crippen molar-refractivity contribution >= 4 is 59.8 Å². The smallest absolute Gasteiger partial charge is 0.0620 e. The number of benzene rings is 4. The first-order valence-corrected chi connectivity index (χ1v) is 15.8. The molecule has 0 unspecified atom stereocenters. The summed E-state index contributed by atoms with van der Waals surface area (Å²) in [6.07, 6.45) is 0. The first-order chi connectivity index (χ1) is 18.2. The van der Waals surface area contributed by atoms with Gasteiger partial charge in [-0.3, -0.25) is 9.97 Å². The van der Waals surface area contributed by atoms with Gasteiger partial charge in [-0.1, -0.05) is 78.9 Å². The summed E-state index contributed by atoms with van der Waals surface area (Å²) in [6.45, 7) is 4.02. The van der Waals surface area contributed by atoms with Gasteiger partial charge in [-0.05, 0) is 62.4 Å². The molecule has 0 atom stereocenters. The quantitative estimate of drug-likeness (QED) is 0.118. The van der Waals surface area contributed by atoms with Crippen molar-refractivity contribution < 1.29 is 14.2 Å². The van der Waals surface area contributed by atoms with E-state index < -0.39 is 7.92 Å². The van der Waals surface area contributed by atoms with Gasteiger partial charge < -0.3 is 0 Å². The number of rotatable bonds is 3. The predicted molar refractivity (Wildman–Crippen MR) is 162 cm³/mol. The number of nitrogens with zero attached hydrogens (tertiary/aromatic N) is 2. The Kier molecular flexibility index (Phi) is 9.99. The molecule has 37 heavy (non-hydrogen) atoms. The van der Waals surface area contributed by atoms with E-state index in [0.29, 0.717) is 0 Å². The van der Waals surface area contributed by atoms with Crippen molar-refractivity contribution in [3.05, 3.63) is 139 Å². The Morgan fingerprint density at radius 3 is 1.08 bits per heavy atom. The van der Waals surface area contributed by atoms with Crippen LogP contribution >= 0.6 is 22.0 Å². The number of halogens is 1. The Bertz CT molecular complexity index is 1410. The van der Waals surface area contributed by atoms with Crippen molar-refractivity contribution in [3.63, 3.8) is 0 Å². The molecule has 0 spiro atoms. The van der Waals surface area contributed by atoms with Gasteiger partial charge >= 0.3 is 28.3 Å². The Hall–Kier alpha value is -2.87. The van der Waals surface area contributed by atoms with Crippen molar-refractivity contribution in [1.82, 2.24) is 9.97 Å². The van der Waals surface area contributed by atoms with Gasteiger partial charge in [0.2, 0.25) is 0 Å². The number of aromatic nitrogens is 2. The van der Waals surface area contributed by atoms with Crippen LogP contribution in [0.3, 0.4) is 0 Å². The van der Waals surface area contributed by atoms with Crippen molar-refractivity contribution in [2.75, 3.05) is 0 Å². The maximum atomic E-state index is 4.58. The molecule has 0 fully saturated rings. The van der Waals surface area contributed by atoms with Crippen LogP contribution in [0.1, 0.15) is 11.4 Å². The summed E-state index contributed by atoms with van der Waals surface area (Å²) in [4.78, 5) is 9.16. The third-order valence-corrected chi connectivity index (χ3v) is 8.72. The molecular formula is C32H28BrCuN2P+. The molecule has 188 valence electrons. The van der Waals surface area contributed by atoms with Crippen molar-refractivity contribution in [2.24, 2.45) is 0 Å². The second kappa shape index (κ2) is 13.6. The normalized spacial score (nSPS) is 10.4. The van der Waals surface area contributed by atoms with Gasteiger partial charge in [-0.25, -0.2) is 0 Å². The summed E-state index contributed by atoms with van der Waals surface area (Å²) in [5.74, 6) is 0. The molecule has 2 aromatic heterocycles. The summed E-state index contributed by atoms with van der Waals surface area (Å²) in [7, 11) is -0.877. The molecule has 0 aliphatic rings. The summed E-state index contributed by atoms with van der Waals surface area (Å²) in [6, 6.07) is 45.0. The van der Waals surface area contributed by atoms with Crippen LogP contribution in [0.25, 0.3) is 21.8 Å². The summed E-state index contributed by atoms with van der Waals surface area (Å²) < 4.78 is 0. The van der Waals surface area contributed by atoms with E-state index in [4.69, 9.17) is 0 Å². The predicted octanol–water partition coefficient (Wildman–Crippen LogP) is 7.42. The molecule has 0 N–H and O–H groups in total. The fourth-order valence-corrected chi connectivity index (χ4v) is 6.85. The summed E-state index contributed by atoms with van der Waals surface area (Å²) in [5.41, 5.74) is 4.06. The zero-order chi connectivity index (χ0) is 26.0. The van der Waals surface area contributed by atoms with Crippen LogP contribution in [0.2, 0.25) is 0 Å². The van der Waals surface area contributed by atoms with E-state index in [9.17, 15) is 0 Å². The van der Waals surface area contributed by atoms with Crippen LogP contribution in [-0.4, -0.2) is 9.97 Å². The Balaban J connectivity index is 0.000000164. The molecule has 0 saturated carbocycles. The Labute approximate surface area is 235 Å². The molecule has 0 bridgehead atoms. The first-order valence-electron chi connectivity index (χ1n) is 12.0. The van der Waals surface area contributed by atoms with Gasteiger partial charge in [0.05, 0.1) is 19.0 Å². The summed E-state index contributed by atoms with van der Waals surface area (Å²) >= 11 is 6.50. The van der Waals surface area contributed by atoms with Gasteiger partial charge in [-0.15, -0.1) is 0 Å². The zero-order valence-corrected chi connectivity index (χ0v) is 24.2. The van der Waals surface area contributed by atoms with Gasteiger partial charge in [0, 0.05) is 22.2 Å². The number of hydrogen-bond acceptors (Lipinski definition) is 2. The number of pyridine rings is 2. The minimum absolute atomic E-state index is 0.877. The molecule has 2 heterocycles. The maximum Gasteiger partial charge on any atom is 0.102 e. The molecule has 4 aromatic carbocycles. The van der Waals surface area contributed by atoms with E-state index in [1.807, 2.05) is 26.0 Å². The van der Waals surface area contributed by atoms with E-state index >= 15 is 0 Å². The van der Waals surface area contributed by atoms with Crippen LogP contribution in [0.15, 0.2) is 127 Å². The summed E-state index contributed by atoms with van der Waals surface area (Å²) in [5, 5.41) is 6.60. The molecule has 6 rings (SSSR count). The second-order valence-corrected chi connectivity index (χ2v) is 11.1. The van der Waals surface area contributed by atoms with E-state index in [-0.39, 0.29) is 0 Å². The average Bonchev–Trinajstić information content (AvgIpc) is 2.96. The standard InChI is InChI=1S/C18H15P.C14H12N2.BrH.Cu/c1-4-10-16(11-5-1)19(17-12-6-2-7-13-17)18-14-8-3-9-15-18;1-9-3-5-11-7-8-12-6-4-10(2)16-14(12)13(11)15-9;;/h1-15H;3-8H,1-2H3;1H;/q;;;+1. The van der Waals surface area contributed by atoms with Gasteiger partial charge in [0.1, 0.15) is 15.9 Å². The molecule has 0 saturated heterocycles. The van der Waals surface area contributed by atoms with E-state index in [1.165, 1.54) is 15.9 Å². The monoisotopic (exact) mass is 613 g/mol. The van der Waals surface area contributed by atoms with Crippen LogP contribution < -0.4 is 15.9 Å². The number of fused-ring (bicyclic) bond motifs is 3. The van der Waals surface area contributed by atoms with E-state index in [0.717, 1.165) is 33.2 Å². The average molecular weight is 615 g/mol. The van der Waals surface area contributed by atoms with Crippen LogP contribution in [0.5, 0.6) is 0 Å². The second-order valence-electron chi connectivity index (χ2n) is 8.59. The van der Waals surface area contributed by atoms with Gasteiger partial charge in [-0.2, -0.15) is 0 Å². The minimum atomic E-state index is -0.877. The van der Waals surface area contributed by atoms with Crippen LogP contribution in [0, 0.1) is 13.8 Å². The Morgan fingerprint density at radius 2 is 0.757 bits per heavy atom. The third-order valence-electron chi connectivity index (χ3n) is 5.99. The molecule has 6 aromatic rings. The van der Waals surface area contributed by atoms with E-state index in [1.54, 1.807) is 0 Å². The Morgan fingerprint density at radius 1 is 0.459 bits per heavy atom. The third kappa shape index (κ3) is 6.92. The van der Waals surface area contributed by atoms with E-state index in [2.05, 4.69) is 154 Å². The van der Waals surface area contributed by atoms with Crippen molar-refractivity contribution in [2.45, 2.75) is 13.8 Å². The molecule has 0 amide bonds. The first kappa shape index (κ1) is 27.2. The SMILES string of the molecule is Cc1ccc2ccc3ccc(C)nc3c2n1.[Cu][Br].c1ccc([PH+](c2ccccc2)c2ccccc2)cc1. The fraction of sp³-hybridized carbons (Fsp3) is 0.0625. The van der Waals surface area contributed by atoms with Crippen LogP contribution in [-0.2, 0) is 14.2 Å². The molecule has 2 nitrogen and oxygen atoms in total. The topological polar surface area (TPSA) is 25.8 Å².